The molecule has 3 aromatic rings. The summed E-state index contributed by atoms with van der Waals surface area (Å²) in [6.07, 6.45) is 5.47. The number of nitrogens with zero attached hydrogens (tertiary/aromatic N) is 4. The van der Waals surface area contributed by atoms with Gasteiger partial charge in [0.05, 0.1) is 28.1 Å². The van der Waals surface area contributed by atoms with Gasteiger partial charge in [0.25, 0.3) is 0 Å². The number of aromatic nitrogens is 3. The minimum atomic E-state index is -0.471. The Kier molecular flexibility index (Phi) is 4.14. The van der Waals surface area contributed by atoms with Crippen LogP contribution in [0.25, 0.3) is 16.3 Å². The Morgan fingerprint density at radius 1 is 1.15 bits per heavy atom. The fourth-order valence-electron chi connectivity index (χ4n) is 3.59. The zero-order chi connectivity index (χ0) is 18.2. The number of benzene rings is 1. The van der Waals surface area contributed by atoms with E-state index in [0.29, 0.717) is 5.13 Å². The average molecular weight is 381 g/mol. The van der Waals surface area contributed by atoms with Crippen molar-refractivity contribution in [3.63, 3.8) is 0 Å². The van der Waals surface area contributed by atoms with Crippen LogP contribution in [-0.2, 0) is 11.3 Å². The van der Waals surface area contributed by atoms with Gasteiger partial charge in [-0.2, -0.15) is 5.10 Å². The van der Waals surface area contributed by atoms with Crippen LogP contribution in [0.15, 0.2) is 36.5 Å². The quantitative estimate of drug-likeness (QED) is 0.584. The van der Waals surface area contributed by atoms with E-state index in [9.17, 15) is 4.79 Å². The normalized spacial score (nSPS) is 16.0. The standard InChI is InChI=1S/C19H19N5O2S/c25-19(26-23-9-5-2-6-10-23)22-18-21-15-11-13-12-20-24(16(13)17(15)27-18)14-7-3-1-4-8-14/h1,3-4,7-8,12H,2,5-6,9-11H2,(H,21,22,25). The number of para-hydroxylation sites is 1. The van der Waals surface area contributed by atoms with Gasteiger partial charge in [-0.1, -0.05) is 36.0 Å². The van der Waals surface area contributed by atoms with E-state index in [0.717, 1.165) is 59.9 Å². The van der Waals surface area contributed by atoms with Gasteiger partial charge in [-0.3, -0.25) is 5.32 Å². The van der Waals surface area contributed by atoms with Gasteiger partial charge in [0.2, 0.25) is 0 Å². The minimum absolute atomic E-state index is 0.471. The highest BCUT2D eigenvalue weighted by molar-refractivity contribution is 7.19. The Labute approximate surface area is 160 Å². The molecule has 27 heavy (non-hydrogen) atoms. The van der Waals surface area contributed by atoms with Gasteiger partial charge in [-0.25, -0.2) is 14.5 Å². The monoisotopic (exact) mass is 381 g/mol. The molecule has 1 aliphatic carbocycles. The van der Waals surface area contributed by atoms with E-state index in [2.05, 4.69) is 15.4 Å². The van der Waals surface area contributed by atoms with Crippen LogP contribution in [0.4, 0.5) is 9.93 Å². The lowest BCUT2D eigenvalue weighted by atomic mass is 10.2. The van der Waals surface area contributed by atoms with Crippen molar-refractivity contribution in [2.45, 2.75) is 25.7 Å². The molecule has 0 radical (unpaired) electrons. The number of nitrogens with one attached hydrogen (secondary N) is 1. The second kappa shape index (κ2) is 6.79. The predicted octanol–water partition coefficient (Wildman–Crippen LogP) is 3.85. The fraction of sp³-hybridized carbons (Fsp3) is 0.316. The summed E-state index contributed by atoms with van der Waals surface area (Å²) < 4.78 is 1.94. The summed E-state index contributed by atoms with van der Waals surface area (Å²) in [5, 5.41) is 9.60. The van der Waals surface area contributed by atoms with Crippen LogP contribution < -0.4 is 5.32 Å². The highest BCUT2D eigenvalue weighted by Gasteiger charge is 2.29. The summed E-state index contributed by atoms with van der Waals surface area (Å²) in [5.74, 6) is 0. The Morgan fingerprint density at radius 2 is 1.96 bits per heavy atom. The molecule has 1 fully saturated rings. The molecule has 138 valence electrons. The molecule has 8 heteroatoms. The Bertz CT molecular complexity index is 975. The third-order valence-corrected chi connectivity index (χ3v) is 5.87. The summed E-state index contributed by atoms with van der Waals surface area (Å²) in [5.41, 5.74) is 4.21. The molecule has 0 bridgehead atoms. The van der Waals surface area contributed by atoms with Gasteiger partial charge in [0.15, 0.2) is 5.13 Å². The zero-order valence-electron chi connectivity index (χ0n) is 14.7. The number of thiazole rings is 1. The van der Waals surface area contributed by atoms with Gasteiger partial charge in [0.1, 0.15) is 0 Å². The smallest absolute Gasteiger partial charge is 0.351 e. The van der Waals surface area contributed by atoms with Gasteiger partial charge in [0, 0.05) is 25.1 Å². The highest BCUT2D eigenvalue weighted by atomic mass is 32.1. The lowest BCUT2D eigenvalue weighted by molar-refractivity contribution is -0.105. The maximum atomic E-state index is 12.2. The molecule has 1 N–H and O–H groups in total. The fourth-order valence-corrected chi connectivity index (χ4v) is 4.63. The van der Waals surface area contributed by atoms with Crippen molar-refractivity contribution in [2.24, 2.45) is 0 Å². The number of hydrogen-bond donors (Lipinski definition) is 1. The van der Waals surface area contributed by atoms with Crippen LogP contribution in [0.3, 0.4) is 0 Å². The first kappa shape index (κ1) is 16.5. The van der Waals surface area contributed by atoms with E-state index < -0.39 is 6.09 Å². The number of anilines is 1. The molecule has 1 aromatic carbocycles. The summed E-state index contributed by atoms with van der Waals surface area (Å²) in [4.78, 5) is 23.2. The lowest BCUT2D eigenvalue weighted by Gasteiger charge is -2.24. The van der Waals surface area contributed by atoms with Crippen LogP contribution in [-0.4, -0.2) is 39.0 Å². The summed E-state index contributed by atoms with van der Waals surface area (Å²) in [7, 11) is 0. The number of carbonyl (C=O) groups excluding carboxylic acids is 1. The van der Waals surface area contributed by atoms with Crippen molar-refractivity contribution in [3.05, 3.63) is 47.8 Å². The first-order chi connectivity index (χ1) is 13.3. The molecule has 2 aromatic heterocycles. The molecule has 3 heterocycles. The first-order valence-electron chi connectivity index (χ1n) is 9.14. The van der Waals surface area contributed by atoms with Crippen molar-refractivity contribution < 1.29 is 9.63 Å². The molecule has 0 unspecified atom stereocenters. The topological polar surface area (TPSA) is 72.3 Å². The van der Waals surface area contributed by atoms with Gasteiger partial charge in [-0.15, -0.1) is 5.06 Å². The predicted molar refractivity (Wildman–Crippen MR) is 103 cm³/mol. The molecular weight excluding hydrogens is 362 g/mol. The van der Waals surface area contributed by atoms with Crippen LogP contribution in [0.5, 0.6) is 0 Å². The van der Waals surface area contributed by atoms with Crippen LogP contribution in [0.1, 0.15) is 30.5 Å². The minimum Gasteiger partial charge on any atom is -0.351 e. The Balaban J connectivity index is 1.36. The summed E-state index contributed by atoms with van der Waals surface area (Å²) in [6.45, 7) is 1.59. The SMILES string of the molecule is O=C(Nc1nc2c(s1)-c1c(cnn1-c1ccccc1)C2)ON1CCCCC1. The Morgan fingerprint density at radius 3 is 2.78 bits per heavy atom. The van der Waals surface area contributed by atoms with Crippen LogP contribution >= 0.6 is 11.3 Å². The van der Waals surface area contributed by atoms with E-state index >= 15 is 0 Å². The molecule has 1 aliphatic heterocycles. The molecule has 0 saturated carbocycles. The molecular formula is C19H19N5O2S. The number of hydroxylamine groups is 2. The van der Waals surface area contributed by atoms with E-state index in [1.165, 1.54) is 17.8 Å². The van der Waals surface area contributed by atoms with Crippen molar-refractivity contribution in [3.8, 4) is 16.3 Å². The number of hydrogen-bond acceptors (Lipinski definition) is 6. The second-order valence-electron chi connectivity index (χ2n) is 6.73. The van der Waals surface area contributed by atoms with Gasteiger partial charge < -0.3 is 4.84 Å². The molecule has 5 rings (SSSR count). The van der Waals surface area contributed by atoms with Crippen LogP contribution in [0, 0.1) is 0 Å². The van der Waals surface area contributed by atoms with E-state index in [4.69, 9.17) is 4.84 Å². The second-order valence-corrected chi connectivity index (χ2v) is 7.73. The number of amides is 1. The largest absolute Gasteiger partial charge is 0.432 e. The average Bonchev–Trinajstić information content (AvgIpc) is 3.34. The third-order valence-electron chi connectivity index (χ3n) is 4.85. The zero-order valence-corrected chi connectivity index (χ0v) is 15.5. The van der Waals surface area contributed by atoms with Crippen molar-refractivity contribution in [1.82, 2.24) is 19.8 Å². The maximum Gasteiger partial charge on any atom is 0.432 e. The Hall–Kier alpha value is -2.71. The van der Waals surface area contributed by atoms with E-state index in [1.807, 2.05) is 41.2 Å². The summed E-state index contributed by atoms with van der Waals surface area (Å²) >= 11 is 1.47. The van der Waals surface area contributed by atoms with Crippen molar-refractivity contribution in [1.29, 1.82) is 0 Å². The van der Waals surface area contributed by atoms with Gasteiger partial charge >= 0.3 is 6.09 Å². The number of carbonyl (C=O) groups is 1. The summed E-state index contributed by atoms with van der Waals surface area (Å²) in [6, 6.07) is 10.0. The molecule has 0 atom stereocenters. The number of fused-ring (bicyclic) bond motifs is 3. The molecule has 2 aliphatic rings. The van der Waals surface area contributed by atoms with E-state index in [-0.39, 0.29) is 0 Å². The molecule has 7 nitrogen and oxygen atoms in total. The molecule has 1 amide bonds. The number of rotatable bonds is 3. The number of piperidine rings is 1. The third kappa shape index (κ3) is 3.11. The highest BCUT2D eigenvalue weighted by Crippen LogP contribution is 2.43. The first-order valence-corrected chi connectivity index (χ1v) is 9.96. The maximum absolute atomic E-state index is 12.2. The molecule has 0 spiro atoms. The van der Waals surface area contributed by atoms with Crippen molar-refractivity contribution in [2.75, 3.05) is 18.4 Å². The van der Waals surface area contributed by atoms with E-state index in [1.54, 1.807) is 5.06 Å². The van der Waals surface area contributed by atoms with Crippen LogP contribution in [0.2, 0.25) is 0 Å². The lowest BCUT2D eigenvalue weighted by Crippen LogP contribution is -2.34. The van der Waals surface area contributed by atoms with Gasteiger partial charge in [-0.05, 0) is 25.0 Å². The molecule has 1 saturated heterocycles. The van der Waals surface area contributed by atoms with Crippen molar-refractivity contribution >= 4 is 22.6 Å².